The van der Waals surface area contributed by atoms with E-state index in [1.165, 1.54) is 0 Å². The first-order valence-electron chi connectivity index (χ1n) is 9.35. The molecule has 0 amide bonds. The second-order valence-corrected chi connectivity index (χ2v) is 6.86. The van der Waals surface area contributed by atoms with Gasteiger partial charge in [-0.15, -0.1) is 0 Å². The Labute approximate surface area is 165 Å². The Balaban J connectivity index is 1.56. The summed E-state index contributed by atoms with van der Waals surface area (Å²) in [6.07, 6.45) is 0. The quantitative estimate of drug-likeness (QED) is 0.687. The fourth-order valence-corrected chi connectivity index (χ4v) is 3.38. The molecule has 28 heavy (non-hydrogen) atoms. The molecule has 0 aliphatic carbocycles. The lowest BCUT2D eigenvalue weighted by Gasteiger charge is -2.35. The lowest BCUT2D eigenvalue weighted by atomic mass is 10.1. The van der Waals surface area contributed by atoms with Gasteiger partial charge in [0.15, 0.2) is 23.1 Å². The highest BCUT2D eigenvalue weighted by atomic mass is 16.5. The van der Waals surface area contributed by atoms with Crippen molar-refractivity contribution in [3.8, 4) is 11.5 Å². The minimum atomic E-state index is 0.0696. The van der Waals surface area contributed by atoms with Gasteiger partial charge >= 0.3 is 0 Å². The lowest BCUT2D eigenvalue weighted by Crippen LogP contribution is -2.48. The largest absolute Gasteiger partial charge is 0.493 e. The van der Waals surface area contributed by atoms with Crippen molar-refractivity contribution in [1.82, 2.24) is 4.90 Å². The van der Waals surface area contributed by atoms with E-state index >= 15 is 0 Å². The van der Waals surface area contributed by atoms with Crippen LogP contribution in [-0.4, -0.2) is 63.4 Å². The van der Waals surface area contributed by atoms with Gasteiger partial charge in [0.25, 0.3) is 0 Å². The number of methoxy groups -OCH3 is 2. The number of hydrogen-bond acceptors (Lipinski definition) is 6. The summed E-state index contributed by atoms with van der Waals surface area (Å²) in [5.41, 5.74) is 2.46. The van der Waals surface area contributed by atoms with Crippen molar-refractivity contribution in [2.45, 2.75) is 6.92 Å². The maximum absolute atomic E-state index is 12.6. The zero-order valence-corrected chi connectivity index (χ0v) is 16.6. The van der Waals surface area contributed by atoms with E-state index in [1.54, 1.807) is 39.3 Å². The molecule has 6 nitrogen and oxygen atoms in total. The highest BCUT2D eigenvalue weighted by molar-refractivity contribution is 5.98. The number of piperazine rings is 1. The lowest BCUT2D eigenvalue weighted by molar-refractivity contribution is 0.0925. The molecule has 0 bridgehead atoms. The van der Waals surface area contributed by atoms with Crippen LogP contribution in [0.5, 0.6) is 11.5 Å². The van der Waals surface area contributed by atoms with Crippen molar-refractivity contribution < 1.29 is 19.1 Å². The van der Waals surface area contributed by atoms with Crippen LogP contribution in [0.2, 0.25) is 0 Å². The van der Waals surface area contributed by atoms with E-state index in [9.17, 15) is 9.59 Å². The summed E-state index contributed by atoms with van der Waals surface area (Å²) in [4.78, 5) is 28.5. The zero-order valence-electron chi connectivity index (χ0n) is 16.6. The maximum atomic E-state index is 12.6. The van der Waals surface area contributed by atoms with E-state index in [2.05, 4.69) is 9.80 Å². The van der Waals surface area contributed by atoms with E-state index in [0.717, 1.165) is 37.4 Å². The molecule has 6 heteroatoms. The second-order valence-electron chi connectivity index (χ2n) is 6.86. The Morgan fingerprint density at radius 1 is 0.857 bits per heavy atom. The highest BCUT2D eigenvalue weighted by Crippen LogP contribution is 2.28. The van der Waals surface area contributed by atoms with Crippen LogP contribution in [0.1, 0.15) is 27.6 Å². The first-order valence-corrected chi connectivity index (χ1v) is 9.35. The summed E-state index contributed by atoms with van der Waals surface area (Å²) < 4.78 is 10.5. The number of hydrogen-bond donors (Lipinski definition) is 0. The first-order chi connectivity index (χ1) is 13.5. The van der Waals surface area contributed by atoms with Gasteiger partial charge in [0, 0.05) is 43.0 Å². The summed E-state index contributed by atoms with van der Waals surface area (Å²) in [6, 6.07) is 13.0. The van der Waals surface area contributed by atoms with Gasteiger partial charge in [0.05, 0.1) is 20.8 Å². The summed E-state index contributed by atoms with van der Waals surface area (Å²) in [6.45, 7) is 5.27. The minimum absolute atomic E-state index is 0.0696. The average molecular weight is 382 g/mol. The molecule has 0 unspecified atom stereocenters. The third kappa shape index (κ3) is 4.51. The van der Waals surface area contributed by atoms with Crippen LogP contribution >= 0.6 is 0 Å². The van der Waals surface area contributed by atoms with Gasteiger partial charge in [-0.05, 0) is 49.4 Å². The predicted molar refractivity (Wildman–Crippen MR) is 109 cm³/mol. The number of nitrogens with zero attached hydrogens (tertiary/aromatic N) is 2. The van der Waals surface area contributed by atoms with Crippen LogP contribution in [0.4, 0.5) is 5.69 Å². The molecule has 0 N–H and O–H groups in total. The number of anilines is 1. The Morgan fingerprint density at radius 3 is 2.04 bits per heavy atom. The van der Waals surface area contributed by atoms with Crippen molar-refractivity contribution >= 4 is 17.3 Å². The predicted octanol–water partition coefficient (Wildman–Crippen LogP) is 2.91. The highest BCUT2D eigenvalue weighted by Gasteiger charge is 2.20. The zero-order chi connectivity index (χ0) is 20.1. The maximum Gasteiger partial charge on any atom is 0.176 e. The Bertz CT molecular complexity index is 840. The molecular formula is C22H26N2O4. The molecule has 2 aromatic carbocycles. The van der Waals surface area contributed by atoms with Gasteiger partial charge in [0.2, 0.25) is 0 Å². The van der Waals surface area contributed by atoms with E-state index < -0.39 is 0 Å². The Kier molecular flexibility index (Phi) is 6.31. The third-order valence-electron chi connectivity index (χ3n) is 5.08. The molecule has 1 fully saturated rings. The number of ether oxygens (including phenoxy) is 2. The molecule has 2 aromatic rings. The minimum Gasteiger partial charge on any atom is -0.493 e. The smallest absolute Gasteiger partial charge is 0.176 e. The van der Waals surface area contributed by atoms with Crippen molar-refractivity contribution in [2.24, 2.45) is 0 Å². The molecule has 0 spiro atoms. The summed E-state index contributed by atoms with van der Waals surface area (Å²) in [5, 5.41) is 0. The molecular weight excluding hydrogens is 356 g/mol. The van der Waals surface area contributed by atoms with Crippen molar-refractivity contribution in [3.05, 3.63) is 53.6 Å². The average Bonchev–Trinajstić information content (AvgIpc) is 2.73. The van der Waals surface area contributed by atoms with Gasteiger partial charge in [-0.3, -0.25) is 14.5 Å². The van der Waals surface area contributed by atoms with Crippen LogP contribution in [0.25, 0.3) is 0 Å². The van der Waals surface area contributed by atoms with Crippen molar-refractivity contribution in [3.63, 3.8) is 0 Å². The SMILES string of the molecule is COc1ccc(C(=O)CN2CCN(c3ccc(C(C)=O)cc3)CC2)cc1OC. The van der Waals surface area contributed by atoms with Crippen LogP contribution in [0.15, 0.2) is 42.5 Å². The van der Waals surface area contributed by atoms with Gasteiger partial charge in [-0.25, -0.2) is 0 Å². The van der Waals surface area contributed by atoms with E-state index in [1.807, 2.05) is 24.3 Å². The Morgan fingerprint density at radius 2 is 1.46 bits per heavy atom. The number of ketones is 2. The summed E-state index contributed by atoms with van der Waals surface area (Å²) in [5.74, 6) is 1.32. The standard InChI is InChI=1S/C22H26N2O4/c1-16(25)17-4-7-19(8-5-17)24-12-10-23(11-13-24)15-20(26)18-6-9-21(27-2)22(14-18)28-3/h4-9,14H,10-13,15H2,1-3H3. The van der Waals surface area contributed by atoms with Crippen molar-refractivity contribution in [1.29, 1.82) is 0 Å². The monoisotopic (exact) mass is 382 g/mol. The number of carbonyl (C=O) groups excluding carboxylic acids is 2. The fourth-order valence-electron chi connectivity index (χ4n) is 3.38. The normalized spacial score (nSPS) is 14.6. The molecule has 0 saturated carbocycles. The van der Waals surface area contributed by atoms with Gasteiger partial charge in [0.1, 0.15) is 0 Å². The van der Waals surface area contributed by atoms with Gasteiger partial charge < -0.3 is 14.4 Å². The van der Waals surface area contributed by atoms with E-state index in [0.29, 0.717) is 23.6 Å². The number of benzene rings is 2. The topological polar surface area (TPSA) is 59.1 Å². The van der Waals surface area contributed by atoms with Crippen LogP contribution in [0.3, 0.4) is 0 Å². The molecule has 1 heterocycles. The number of carbonyl (C=O) groups is 2. The van der Waals surface area contributed by atoms with E-state index in [-0.39, 0.29) is 11.6 Å². The molecule has 0 atom stereocenters. The summed E-state index contributed by atoms with van der Waals surface area (Å²) in [7, 11) is 3.14. The third-order valence-corrected chi connectivity index (χ3v) is 5.08. The van der Waals surface area contributed by atoms with Gasteiger partial charge in [-0.1, -0.05) is 0 Å². The molecule has 0 radical (unpaired) electrons. The van der Waals surface area contributed by atoms with Gasteiger partial charge in [-0.2, -0.15) is 0 Å². The second kappa shape index (κ2) is 8.89. The molecule has 3 rings (SSSR count). The molecule has 148 valence electrons. The molecule has 1 saturated heterocycles. The molecule has 0 aromatic heterocycles. The first kappa shape index (κ1) is 19.9. The van der Waals surface area contributed by atoms with Crippen molar-refractivity contribution in [2.75, 3.05) is 51.8 Å². The molecule has 1 aliphatic rings. The Hall–Kier alpha value is -2.86. The number of rotatable bonds is 7. The summed E-state index contributed by atoms with van der Waals surface area (Å²) >= 11 is 0. The molecule has 1 aliphatic heterocycles. The fraction of sp³-hybridized carbons (Fsp3) is 0.364. The number of Topliss-reactive ketones (excluding diaryl/α,β-unsaturated/α-hetero) is 2. The van der Waals surface area contributed by atoms with Crippen LogP contribution < -0.4 is 14.4 Å². The van der Waals surface area contributed by atoms with Crippen LogP contribution in [-0.2, 0) is 0 Å². The van der Waals surface area contributed by atoms with Crippen LogP contribution in [0, 0.1) is 0 Å². The van der Waals surface area contributed by atoms with E-state index in [4.69, 9.17) is 9.47 Å².